The van der Waals surface area contributed by atoms with Gasteiger partial charge in [0.15, 0.2) is 5.82 Å². The summed E-state index contributed by atoms with van der Waals surface area (Å²) in [6.07, 6.45) is 3.12. The van der Waals surface area contributed by atoms with Gasteiger partial charge in [0.1, 0.15) is 0 Å². The average molecular weight is 233 g/mol. The van der Waals surface area contributed by atoms with Crippen LogP contribution in [0.15, 0.2) is 0 Å². The summed E-state index contributed by atoms with van der Waals surface area (Å²) in [5.41, 5.74) is 0. The van der Waals surface area contributed by atoms with Crippen LogP contribution >= 0.6 is 15.9 Å². The van der Waals surface area contributed by atoms with E-state index in [0.29, 0.717) is 0 Å². The Labute approximate surface area is 80.5 Å². The normalized spacial score (nSPS) is 10.5. The minimum atomic E-state index is 0.921. The van der Waals surface area contributed by atoms with Gasteiger partial charge in [0, 0.05) is 18.3 Å². The van der Waals surface area contributed by atoms with Gasteiger partial charge in [-0.1, -0.05) is 22.9 Å². The predicted molar refractivity (Wildman–Crippen MR) is 50.2 cm³/mol. The molecule has 0 bridgehead atoms. The number of tetrazole rings is 1. The molecule has 0 atom stereocenters. The fraction of sp³-hybridized carbons (Fsp3) is 0.857. The van der Waals surface area contributed by atoms with Crippen molar-refractivity contribution < 1.29 is 0 Å². The molecule has 1 heterocycles. The molecule has 0 spiro atoms. The van der Waals surface area contributed by atoms with Crippen LogP contribution in [0.2, 0.25) is 0 Å². The molecule has 0 N–H and O–H groups in total. The van der Waals surface area contributed by atoms with E-state index in [0.717, 1.165) is 37.0 Å². The molecule has 1 aromatic rings. The first-order valence-electron chi connectivity index (χ1n) is 4.19. The number of rotatable bonds is 5. The Bertz CT molecular complexity index is 223. The van der Waals surface area contributed by atoms with Gasteiger partial charge >= 0.3 is 0 Å². The first-order valence-corrected chi connectivity index (χ1v) is 5.31. The molecule has 0 aliphatic heterocycles. The summed E-state index contributed by atoms with van der Waals surface area (Å²) >= 11 is 3.38. The van der Waals surface area contributed by atoms with Crippen LogP contribution in [0.25, 0.3) is 0 Å². The molecule has 0 amide bonds. The van der Waals surface area contributed by atoms with Crippen molar-refractivity contribution in [2.24, 2.45) is 0 Å². The van der Waals surface area contributed by atoms with E-state index in [1.165, 1.54) is 0 Å². The third-order valence-electron chi connectivity index (χ3n) is 1.58. The second-order valence-electron chi connectivity index (χ2n) is 2.61. The maximum Gasteiger partial charge on any atom is 0.151 e. The number of aromatic nitrogens is 4. The standard InChI is InChI=1S/C7H13BrN4/c1-2-6-12-7(4-3-5-8)9-10-11-12/h2-6H2,1H3. The summed E-state index contributed by atoms with van der Waals surface area (Å²) in [6, 6.07) is 0. The largest absolute Gasteiger partial charge is 0.230 e. The van der Waals surface area contributed by atoms with Gasteiger partial charge in [0.05, 0.1) is 0 Å². The molecular weight excluding hydrogens is 220 g/mol. The highest BCUT2D eigenvalue weighted by atomic mass is 79.9. The van der Waals surface area contributed by atoms with Crippen LogP contribution in [0.1, 0.15) is 25.6 Å². The molecule has 0 unspecified atom stereocenters. The number of alkyl halides is 1. The molecule has 68 valence electrons. The van der Waals surface area contributed by atoms with Gasteiger partial charge < -0.3 is 0 Å². The molecule has 0 radical (unpaired) electrons. The molecular formula is C7H13BrN4. The van der Waals surface area contributed by atoms with E-state index in [1.807, 2.05) is 4.68 Å². The van der Waals surface area contributed by atoms with E-state index in [4.69, 9.17) is 0 Å². The highest BCUT2D eigenvalue weighted by Crippen LogP contribution is 2.00. The third-order valence-corrected chi connectivity index (χ3v) is 2.14. The maximum atomic E-state index is 3.95. The molecule has 0 fully saturated rings. The summed E-state index contributed by atoms with van der Waals surface area (Å²) in [4.78, 5) is 0. The van der Waals surface area contributed by atoms with Gasteiger partial charge in [-0.25, -0.2) is 4.68 Å². The Morgan fingerprint density at radius 3 is 3.00 bits per heavy atom. The Kier molecular flexibility index (Phi) is 4.21. The van der Waals surface area contributed by atoms with Crippen LogP contribution in [-0.2, 0) is 13.0 Å². The van der Waals surface area contributed by atoms with Gasteiger partial charge in [-0.15, -0.1) is 5.10 Å². The van der Waals surface area contributed by atoms with E-state index in [9.17, 15) is 0 Å². The van der Waals surface area contributed by atoms with Crippen LogP contribution < -0.4 is 0 Å². The highest BCUT2D eigenvalue weighted by molar-refractivity contribution is 9.09. The second-order valence-corrected chi connectivity index (χ2v) is 3.40. The fourth-order valence-electron chi connectivity index (χ4n) is 1.01. The van der Waals surface area contributed by atoms with Gasteiger partial charge in [-0.3, -0.25) is 0 Å². The molecule has 1 rings (SSSR count). The monoisotopic (exact) mass is 232 g/mol. The lowest BCUT2D eigenvalue weighted by molar-refractivity contribution is 0.552. The van der Waals surface area contributed by atoms with Gasteiger partial charge in [-0.05, 0) is 23.3 Å². The lowest BCUT2D eigenvalue weighted by Gasteiger charge is -2.00. The smallest absolute Gasteiger partial charge is 0.151 e. The molecule has 0 aliphatic carbocycles. The predicted octanol–water partition coefficient (Wildman–Crippen LogP) is 1.41. The van der Waals surface area contributed by atoms with Crippen molar-refractivity contribution in [1.29, 1.82) is 0 Å². The Balaban J connectivity index is 2.51. The average Bonchev–Trinajstić information content (AvgIpc) is 2.50. The summed E-state index contributed by atoms with van der Waals surface area (Å²) in [5, 5.41) is 12.5. The minimum absolute atomic E-state index is 0.921. The summed E-state index contributed by atoms with van der Waals surface area (Å²) in [7, 11) is 0. The third kappa shape index (κ3) is 2.55. The molecule has 12 heavy (non-hydrogen) atoms. The number of nitrogens with zero attached hydrogens (tertiary/aromatic N) is 4. The summed E-state index contributed by atoms with van der Waals surface area (Å²) in [6.45, 7) is 3.04. The molecule has 0 aliphatic rings. The number of hydrogen-bond donors (Lipinski definition) is 0. The van der Waals surface area contributed by atoms with E-state index in [2.05, 4.69) is 38.4 Å². The molecule has 4 nitrogen and oxygen atoms in total. The number of hydrogen-bond acceptors (Lipinski definition) is 3. The maximum absolute atomic E-state index is 3.95. The van der Waals surface area contributed by atoms with E-state index >= 15 is 0 Å². The topological polar surface area (TPSA) is 43.6 Å². The minimum Gasteiger partial charge on any atom is -0.230 e. The Hall–Kier alpha value is -0.450. The molecule has 0 aromatic carbocycles. The van der Waals surface area contributed by atoms with E-state index < -0.39 is 0 Å². The number of aryl methyl sites for hydroxylation is 2. The van der Waals surface area contributed by atoms with E-state index in [1.54, 1.807) is 0 Å². The quantitative estimate of drug-likeness (QED) is 0.722. The zero-order valence-corrected chi connectivity index (χ0v) is 8.79. The van der Waals surface area contributed by atoms with Gasteiger partial charge in [0.2, 0.25) is 0 Å². The SMILES string of the molecule is CCCn1nnnc1CCCBr. The van der Waals surface area contributed by atoms with Crippen molar-refractivity contribution in [3.8, 4) is 0 Å². The van der Waals surface area contributed by atoms with Crippen LogP contribution in [0, 0.1) is 0 Å². The lowest BCUT2D eigenvalue weighted by atomic mass is 10.3. The van der Waals surface area contributed by atoms with Crippen molar-refractivity contribution >= 4 is 15.9 Å². The molecule has 1 aromatic heterocycles. The van der Waals surface area contributed by atoms with Crippen molar-refractivity contribution in [3.05, 3.63) is 5.82 Å². The van der Waals surface area contributed by atoms with Crippen LogP contribution in [0.4, 0.5) is 0 Å². The van der Waals surface area contributed by atoms with Crippen LogP contribution in [0.5, 0.6) is 0 Å². The highest BCUT2D eigenvalue weighted by Gasteiger charge is 2.03. The van der Waals surface area contributed by atoms with Crippen molar-refractivity contribution in [1.82, 2.24) is 20.2 Å². The van der Waals surface area contributed by atoms with Crippen molar-refractivity contribution in [2.45, 2.75) is 32.7 Å². The van der Waals surface area contributed by atoms with Gasteiger partial charge in [0.25, 0.3) is 0 Å². The van der Waals surface area contributed by atoms with E-state index in [-0.39, 0.29) is 0 Å². The molecule has 0 saturated carbocycles. The first-order chi connectivity index (χ1) is 5.88. The Morgan fingerprint density at radius 2 is 2.33 bits per heavy atom. The van der Waals surface area contributed by atoms with Crippen molar-refractivity contribution in [3.63, 3.8) is 0 Å². The van der Waals surface area contributed by atoms with Crippen molar-refractivity contribution in [2.75, 3.05) is 5.33 Å². The first kappa shape index (κ1) is 9.64. The number of halogens is 1. The second kappa shape index (κ2) is 5.24. The van der Waals surface area contributed by atoms with Crippen LogP contribution in [0.3, 0.4) is 0 Å². The Morgan fingerprint density at radius 1 is 1.50 bits per heavy atom. The van der Waals surface area contributed by atoms with Gasteiger partial charge in [-0.2, -0.15) is 0 Å². The van der Waals surface area contributed by atoms with Crippen LogP contribution in [-0.4, -0.2) is 25.5 Å². The zero-order valence-electron chi connectivity index (χ0n) is 7.20. The summed E-state index contributed by atoms with van der Waals surface area (Å²) < 4.78 is 1.88. The lowest BCUT2D eigenvalue weighted by Crippen LogP contribution is -2.05. The molecule has 5 heteroatoms. The zero-order chi connectivity index (χ0) is 8.81. The fourth-order valence-corrected chi connectivity index (χ4v) is 1.29. The molecule has 0 saturated heterocycles. The summed E-state index contributed by atoms with van der Waals surface area (Å²) in [5.74, 6) is 0.997.